The number of hydrogen-bond donors (Lipinski definition) is 0. The monoisotopic (exact) mass is 370 g/mol. The Hall–Kier alpha value is -1.92. The summed E-state index contributed by atoms with van der Waals surface area (Å²) < 4.78 is 7.82. The van der Waals surface area contributed by atoms with E-state index >= 15 is 0 Å². The van der Waals surface area contributed by atoms with Crippen molar-refractivity contribution < 1.29 is 9.53 Å². The van der Waals surface area contributed by atoms with E-state index in [0.29, 0.717) is 18.1 Å². The molecular formula is C21H30N4O2. The zero-order valence-electron chi connectivity index (χ0n) is 16.6. The third kappa shape index (κ3) is 3.87. The summed E-state index contributed by atoms with van der Waals surface area (Å²) in [5.74, 6) is 0.818. The van der Waals surface area contributed by atoms with Crippen LogP contribution in [0.3, 0.4) is 0 Å². The first-order valence-corrected chi connectivity index (χ1v) is 10.1. The van der Waals surface area contributed by atoms with E-state index < -0.39 is 0 Å². The zero-order valence-corrected chi connectivity index (χ0v) is 16.6. The highest BCUT2D eigenvalue weighted by Gasteiger charge is 2.28. The molecule has 2 aromatic heterocycles. The van der Waals surface area contributed by atoms with E-state index in [1.165, 1.54) is 0 Å². The molecule has 0 spiro atoms. The number of aryl methyl sites for hydroxylation is 1. The number of carbonyl (C=O) groups is 1. The van der Waals surface area contributed by atoms with E-state index in [-0.39, 0.29) is 5.91 Å². The molecule has 6 heteroatoms. The minimum absolute atomic E-state index is 0.148. The lowest BCUT2D eigenvalue weighted by atomic mass is 9.95. The van der Waals surface area contributed by atoms with Gasteiger partial charge in [-0.25, -0.2) is 4.98 Å². The van der Waals surface area contributed by atoms with Crippen molar-refractivity contribution in [2.45, 2.75) is 45.8 Å². The van der Waals surface area contributed by atoms with Crippen molar-refractivity contribution in [1.29, 1.82) is 0 Å². The highest BCUT2D eigenvalue weighted by molar-refractivity contribution is 5.95. The summed E-state index contributed by atoms with van der Waals surface area (Å²) in [6.45, 7) is 11.2. The second-order valence-corrected chi connectivity index (χ2v) is 8.23. The SMILES string of the molecule is Cc1c(C(=O)N2CCC(CN3CC(C)OC(C)C3)CC2)ccc2cncn12. The first kappa shape index (κ1) is 18.4. The first-order valence-electron chi connectivity index (χ1n) is 10.1. The summed E-state index contributed by atoms with van der Waals surface area (Å²) in [6.07, 6.45) is 6.39. The Labute approximate surface area is 161 Å². The van der Waals surface area contributed by atoms with Crippen molar-refractivity contribution in [1.82, 2.24) is 19.2 Å². The average Bonchev–Trinajstić information content (AvgIpc) is 3.11. The summed E-state index contributed by atoms with van der Waals surface area (Å²) in [7, 11) is 0. The smallest absolute Gasteiger partial charge is 0.255 e. The molecule has 146 valence electrons. The molecule has 1 amide bonds. The molecule has 0 aromatic carbocycles. The molecule has 4 heterocycles. The lowest BCUT2D eigenvalue weighted by Crippen LogP contribution is -2.48. The minimum Gasteiger partial charge on any atom is -0.373 e. The lowest BCUT2D eigenvalue weighted by Gasteiger charge is -2.39. The van der Waals surface area contributed by atoms with Gasteiger partial charge in [0.05, 0.1) is 35.8 Å². The fraction of sp³-hybridized carbons (Fsp3) is 0.619. The summed E-state index contributed by atoms with van der Waals surface area (Å²) in [5, 5.41) is 0. The van der Waals surface area contributed by atoms with E-state index in [0.717, 1.165) is 62.3 Å². The molecule has 2 unspecified atom stereocenters. The number of pyridine rings is 1. The standard InChI is InChI=1S/C21H30N4O2/c1-15-11-23(12-16(2)27-15)13-18-6-8-24(9-7-18)21(26)20-5-4-19-10-22-14-25(19)17(20)3/h4-5,10,14-16,18H,6-9,11-13H2,1-3H3. The molecule has 2 saturated heterocycles. The highest BCUT2D eigenvalue weighted by Crippen LogP contribution is 2.23. The van der Waals surface area contributed by atoms with Gasteiger partial charge in [-0.2, -0.15) is 0 Å². The van der Waals surface area contributed by atoms with Crippen molar-refractivity contribution in [2.24, 2.45) is 5.92 Å². The van der Waals surface area contributed by atoms with Crippen LogP contribution in [0.1, 0.15) is 42.7 Å². The number of ether oxygens (including phenoxy) is 1. The van der Waals surface area contributed by atoms with E-state index in [2.05, 4.69) is 23.7 Å². The van der Waals surface area contributed by atoms with Gasteiger partial charge in [0.2, 0.25) is 0 Å². The summed E-state index contributed by atoms with van der Waals surface area (Å²) in [4.78, 5) is 21.8. The normalized spacial score (nSPS) is 25.2. The minimum atomic E-state index is 0.148. The number of piperidine rings is 1. The number of carbonyl (C=O) groups excluding carboxylic acids is 1. The summed E-state index contributed by atoms with van der Waals surface area (Å²) in [5.41, 5.74) is 2.78. The maximum Gasteiger partial charge on any atom is 0.255 e. The van der Waals surface area contributed by atoms with E-state index in [4.69, 9.17) is 4.74 Å². The van der Waals surface area contributed by atoms with Gasteiger partial charge >= 0.3 is 0 Å². The number of fused-ring (bicyclic) bond motifs is 1. The lowest BCUT2D eigenvalue weighted by molar-refractivity contribution is -0.0728. The fourth-order valence-electron chi connectivity index (χ4n) is 4.64. The van der Waals surface area contributed by atoms with Crippen molar-refractivity contribution in [2.75, 3.05) is 32.7 Å². The average molecular weight is 370 g/mol. The van der Waals surface area contributed by atoms with Gasteiger partial charge in [-0.15, -0.1) is 0 Å². The second kappa shape index (κ2) is 7.60. The van der Waals surface area contributed by atoms with Crippen LogP contribution in [0.5, 0.6) is 0 Å². The molecule has 27 heavy (non-hydrogen) atoms. The molecule has 2 atom stereocenters. The number of nitrogens with zero attached hydrogens (tertiary/aromatic N) is 4. The van der Waals surface area contributed by atoms with Gasteiger partial charge in [0.1, 0.15) is 0 Å². The Balaban J connectivity index is 1.35. The van der Waals surface area contributed by atoms with Crippen LogP contribution in [0.2, 0.25) is 0 Å². The Morgan fingerprint density at radius 2 is 1.89 bits per heavy atom. The fourth-order valence-corrected chi connectivity index (χ4v) is 4.64. The molecule has 2 aliphatic heterocycles. The molecule has 4 rings (SSSR count). The Morgan fingerprint density at radius 1 is 1.19 bits per heavy atom. The zero-order chi connectivity index (χ0) is 19.0. The van der Waals surface area contributed by atoms with Gasteiger partial charge in [0.15, 0.2) is 0 Å². The Bertz CT molecular complexity index is 800. The van der Waals surface area contributed by atoms with Gasteiger partial charge in [0, 0.05) is 38.4 Å². The van der Waals surface area contributed by atoms with E-state index in [1.54, 1.807) is 6.33 Å². The topological polar surface area (TPSA) is 50.1 Å². The highest BCUT2D eigenvalue weighted by atomic mass is 16.5. The third-order valence-electron chi connectivity index (χ3n) is 5.98. The van der Waals surface area contributed by atoms with Crippen molar-refractivity contribution in [3.8, 4) is 0 Å². The molecule has 2 fully saturated rings. The maximum absolute atomic E-state index is 13.0. The molecule has 0 radical (unpaired) electrons. The number of aromatic nitrogens is 2. The molecule has 6 nitrogen and oxygen atoms in total. The van der Waals surface area contributed by atoms with Crippen LogP contribution >= 0.6 is 0 Å². The number of hydrogen-bond acceptors (Lipinski definition) is 4. The van der Waals surface area contributed by atoms with Crippen LogP contribution in [0.25, 0.3) is 5.52 Å². The van der Waals surface area contributed by atoms with Crippen molar-refractivity contribution in [3.63, 3.8) is 0 Å². The van der Waals surface area contributed by atoms with Crippen LogP contribution in [0, 0.1) is 12.8 Å². The third-order valence-corrected chi connectivity index (χ3v) is 5.98. The van der Waals surface area contributed by atoms with Crippen molar-refractivity contribution in [3.05, 3.63) is 35.9 Å². The molecule has 2 aromatic rings. The number of imidazole rings is 1. The van der Waals surface area contributed by atoms with Crippen LogP contribution in [-0.4, -0.2) is 70.0 Å². The van der Waals surface area contributed by atoms with Crippen molar-refractivity contribution >= 4 is 11.4 Å². The molecule has 0 N–H and O–H groups in total. The van der Waals surface area contributed by atoms with Crippen LogP contribution in [0.15, 0.2) is 24.7 Å². The molecule has 0 saturated carbocycles. The Morgan fingerprint density at radius 3 is 2.59 bits per heavy atom. The molecule has 0 aliphatic carbocycles. The number of amides is 1. The van der Waals surface area contributed by atoms with Crippen LogP contribution < -0.4 is 0 Å². The Kier molecular flexibility index (Phi) is 5.19. The van der Waals surface area contributed by atoms with Crippen LogP contribution in [0.4, 0.5) is 0 Å². The summed E-state index contributed by atoms with van der Waals surface area (Å²) >= 11 is 0. The van der Waals surface area contributed by atoms with Gasteiger partial charge in [0.25, 0.3) is 5.91 Å². The van der Waals surface area contributed by atoms with Gasteiger partial charge in [-0.3, -0.25) is 9.69 Å². The van der Waals surface area contributed by atoms with Gasteiger partial charge < -0.3 is 14.0 Å². The quantitative estimate of drug-likeness (QED) is 0.833. The maximum atomic E-state index is 13.0. The largest absolute Gasteiger partial charge is 0.373 e. The predicted octanol–water partition coefficient (Wildman–Crippen LogP) is 2.60. The van der Waals surface area contributed by atoms with Crippen LogP contribution in [-0.2, 0) is 4.74 Å². The van der Waals surface area contributed by atoms with E-state index in [9.17, 15) is 4.79 Å². The van der Waals surface area contributed by atoms with E-state index in [1.807, 2.05) is 34.6 Å². The number of rotatable bonds is 3. The number of likely N-dealkylation sites (tertiary alicyclic amines) is 1. The van der Waals surface area contributed by atoms with Gasteiger partial charge in [-0.1, -0.05) is 0 Å². The molecule has 2 aliphatic rings. The first-order chi connectivity index (χ1) is 13.0. The van der Waals surface area contributed by atoms with Gasteiger partial charge in [-0.05, 0) is 51.7 Å². The second-order valence-electron chi connectivity index (χ2n) is 8.23. The molecular weight excluding hydrogens is 340 g/mol. The predicted molar refractivity (Wildman–Crippen MR) is 105 cm³/mol. The summed E-state index contributed by atoms with van der Waals surface area (Å²) in [6, 6.07) is 3.91. The molecule has 0 bridgehead atoms. The number of morpholine rings is 1.